The summed E-state index contributed by atoms with van der Waals surface area (Å²) in [5.74, 6) is 0. The first-order chi connectivity index (χ1) is 11.4. The van der Waals surface area contributed by atoms with E-state index in [0.29, 0.717) is 30.2 Å². The van der Waals surface area contributed by atoms with E-state index in [9.17, 15) is 13.2 Å². The van der Waals surface area contributed by atoms with Crippen LogP contribution in [0.4, 0.5) is 18.9 Å². The largest absolute Gasteiger partial charge is 0.416 e. The fourth-order valence-corrected chi connectivity index (χ4v) is 3.77. The average molecular weight is 378 g/mol. The minimum Gasteiger partial charge on any atom is -0.349 e. The van der Waals surface area contributed by atoms with Gasteiger partial charge in [0.25, 0.3) is 0 Å². The van der Waals surface area contributed by atoms with Crippen molar-refractivity contribution in [2.45, 2.75) is 44.3 Å². The molecule has 24 heavy (non-hydrogen) atoms. The number of thiocarbonyl (C=S) groups is 1. The summed E-state index contributed by atoms with van der Waals surface area (Å²) in [5.41, 5.74) is -0.427. The first-order valence-corrected chi connectivity index (χ1v) is 8.81. The predicted molar refractivity (Wildman–Crippen MR) is 93.1 cm³/mol. The number of halogens is 4. The fraction of sp³-hybridized carbons (Fsp3) is 0.562. The first-order valence-electron chi connectivity index (χ1n) is 8.02. The zero-order valence-corrected chi connectivity index (χ0v) is 14.6. The van der Waals surface area contributed by atoms with Gasteiger partial charge in [-0.05, 0) is 43.3 Å². The highest BCUT2D eigenvalue weighted by Crippen LogP contribution is 2.36. The molecule has 0 aromatic heterocycles. The van der Waals surface area contributed by atoms with Crippen molar-refractivity contribution in [3.8, 4) is 0 Å². The van der Waals surface area contributed by atoms with Crippen LogP contribution in [0.1, 0.15) is 37.7 Å². The second-order valence-corrected chi connectivity index (χ2v) is 7.05. The highest BCUT2D eigenvalue weighted by atomic mass is 35.5. The molecule has 1 N–H and O–H groups in total. The van der Waals surface area contributed by atoms with Crippen molar-refractivity contribution in [3.05, 3.63) is 28.8 Å². The maximum absolute atomic E-state index is 13.0. The number of anilines is 1. The normalized spacial score (nSPS) is 21.0. The number of hydrogen-bond donors (Lipinski definition) is 1. The number of nitrogens with one attached hydrogen (secondary N) is 1. The van der Waals surface area contributed by atoms with Gasteiger partial charge in [0.05, 0.1) is 29.6 Å². The quantitative estimate of drug-likeness (QED) is 0.759. The summed E-state index contributed by atoms with van der Waals surface area (Å²) in [4.78, 5) is 3.89. The van der Waals surface area contributed by atoms with Gasteiger partial charge in [-0.2, -0.15) is 13.2 Å². The van der Waals surface area contributed by atoms with Crippen LogP contribution in [0, 0.1) is 0 Å². The molecule has 1 aromatic rings. The number of nitrogens with zero attached hydrogens (tertiary/aromatic N) is 2. The molecule has 1 saturated carbocycles. The first kappa shape index (κ1) is 17.8. The van der Waals surface area contributed by atoms with Crippen LogP contribution in [0.15, 0.2) is 18.2 Å². The molecule has 0 unspecified atom stereocenters. The van der Waals surface area contributed by atoms with E-state index in [4.69, 9.17) is 23.8 Å². The molecule has 1 aromatic carbocycles. The molecule has 1 aliphatic heterocycles. The van der Waals surface area contributed by atoms with Gasteiger partial charge < -0.3 is 10.2 Å². The lowest BCUT2D eigenvalue weighted by atomic mass is 9.94. The van der Waals surface area contributed by atoms with E-state index >= 15 is 0 Å². The average Bonchev–Trinajstić information content (AvgIpc) is 2.56. The molecule has 3 nitrogen and oxygen atoms in total. The molecular weight excluding hydrogens is 359 g/mol. The van der Waals surface area contributed by atoms with E-state index in [-0.39, 0.29) is 5.02 Å². The van der Waals surface area contributed by atoms with Crippen LogP contribution in [-0.2, 0) is 6.18 Å². The standard InChI is InChI=1S/C16H19ClF3N3S/c17-13-7-6-11(16(18,19)20)8-14(13)23-10-22(9-21-15(23)24)12-4-2-1-3-5-12/h6-8,12H,1-5,9-10H2,(H,21,24). The van der Waals surface area contributed by atoms with Crippen molar-refractivity contribution in [3.63, 3.8) is 0 Å². The summed E-state index contributed by atoms with van der Waals surface area (Å²) in [5, 5.41) is 3.77. The number of alkyl halides is 3. The zero-order valence-electron chi connectivity index (χ0n) is 13.1. The van der Waals surface area contributed by atoms with E-state index in [1.54, 1.807) is 4.90 Å². The van der Waals surface area contributed by atoms with E-state index in [0.717, 1.165) is 25.0 Å². The van der Waals surface area contributed by atoms with Gasteiger partial charge in [0, 0.05) is 6.04 Å². The molecule has 0 spiro atoms. The molecule has 0 atom stereocenters. The topological polar surface area (TPSA) is 18.5 Å². The lowest BCUT2D eigenvalue weighted by Gasteiger charge is -2.43. The molecule has 1 saturated heterocycles. The molecule has 3 rings (SSSR count). The van der Waals surface area contributed by atoms with Gasteiger partial charge in [-0.3, -0.25) is 4.90 Å². The third kappa shape index (κ3) is 3.78. The number of rotatable bonds is 2. The van der Waals surface area contributed by atoms with Crippen LogP contribution in [0.2, 0.25) is 5.02 Å². The van der Waals surface area contributed by atoms with Crippen LogP contribution in [0.25, 0.3) is 0 Å². The number of hydrogen-bond acceptors (Lipinski definition) is 2. The molecule has 0 bridgehead atoms. The Bertz CT molecular complexity index is 617. The maximum Gasteiger partial charge on any atom is 0.416 e. The summed E-state index contributed by atoms with van der Waals surface area (Å²) in [6, 6.07) is 3.77. The maximum atomic E-state index is 13.0. The van der Waals surface area contributed by atoms with Crippen LogP contribution in [0.3, 0.4) is 0 Å². The van der Waals surface area contributed by atoms with Crippen molar-refractivity contribution in [1.29, 1.82) is 0 Å². The Morgan fingerprint density at radius 1 is 1.17 bits per heavy atom. The smallest absolute Gasteiger partial charge is 0.349 e. The highest BCUT2D eigenvalue weighted by molar-refractivity contribution is 7.80. The second-order valence-electron chi connectivity index (χ2n) is 6.25. The highest BCUT2D eigenvalue weighted by Gasteiger charge is 2.33. The molecule has 0 amide bonds. The Labute approximate surface area is 149 Å². The molecule has 1 heterocycles. The van der Waals surface area contributed by atoms with Gasteiger partial charge in [0.1, 0.15) is 0 Å². The van der Waals surface area contributed by atoms with Crippen LogP contribution >= 0.6 is 23.8 Å². The molecule has 2 fully saturated rings. The van der Waals surface area contributed by atoms with Gasteiger partial charge >= 0.3 is 6.18 Å². The summed E-state index contributed by atoms with van der Waals surface area (Å²) in [6.07, 6.45) is 1.44. The Balaban J connectivity index is 1.85. The Hall–Kier alpha value is -1.05. The monoisotopic (exact) mass is 377 g/mol. The Morgan fingerprint density at radius 3 is 2.54 bits per heavy atom. The van der Waals surface area contributed by atoms with Crippen molar-refractivity contribution in [2.75, 3.05) is 18.2 Å². The molecule has 132 valence electrons. The molecule has 0 radical (unpaired) electrons. The van der Waals surface area contributed by atoms with Crippen LogP contribution in [0.5, 0.6) is 0 Å². The lowest BCUT2D eigenvalue weighted by molar-refractivity contribution is -0.137. The van der Waals surface area contributed by atoms with Crippen molar-refractivity contribution in [1.82, 2.24) is 10.2 Å². The van der Waals surface area contributed by atoms with Gasteiger partial charge in [0.15, 0.2) is 5.11 Å². The van der Waals surface area contributed by atoms with E-state index in [2.05, 4.69) is 10.2 Å². The molecule has 2 aliphatic rings. The van der Waals surface area contributed by atoms with E-state index in [1.807, 2.05) is 0 Å². The number of benzene rings is 1. The Morgan fingerprint density at radius 2 is 1.88 bits per heavy atom. The van der Waals surface area contributed by atoms with Crippen molar-refractivity contribution >= 4 is 34.6 Å². The van der Waals surface area contributed by atoms with Gasteiger partial charge in [-0.1, -0.05) is 30.9 Å². The second kappa shape index (κ2) is 7.06. The minimum absolute atomic E-state index is 0.262. The van der Waals surface area contributed by atoms with Gasteiger partial charge in [0.2, 0.25) is 0 Å². The SMILES string of the molecule is FC(F)(F)c1ccc(Cl)c(N2CN(C3CCCCC3)CNC2=S)c1. The molecule has 8 heteroatoms. The van der Waals surface area contributed by atoms with E-state index < -0.39 is 11.7 Å². The minimum atomic E-state index is -4.41. The zero-order chi connectivity index (χ0) is 17.3. The summed E-state index contributed by atoms with van der Waals surface area (Å²) < 4.78 is 39.0. The summed E-state index contributed by atoms with van der Waals surface area (Å²) >= 11 is 11.5. The fourth-order valence-electron chi connectivity index (χ4n) is 3.33. The summed E-state index contributed by atoms with van der Waals surface area (Å²) in [6.45, 7) is 1.08. The predicted octanol–water partition coefficient (Wildman–Crippen LogP) is 4.60. The van der Waals surface area contributed by atoms with Crippen molar-refractivity contribution < 1.29 is 13.2 Å². The third-order valence-electron chi connectivity index (χ3n) is 4.66. The van der Waals surface area contributed by atoms with Crippen LogP contribution in [-0.4, -0.2) is 29.4 Å². The summed E-state index contributed by atoms with van der Waals surface area (Å²) in [7, 11) is 0. The van der Waals surface area contributed by atoms with Gasteiger partial charge in [-0.25, -0.2) is 0 Å². The lowest BCUT2D eigenvalue weighted by Crippen LogP contribution is -2.59. The van der Waals surface area contributed by atoms with Crippen molar-refractivity contribution in [2.24, 2.45) is 0 Å². The van der Waals surface area contributed by atoms with Crippen LogP contribution < -0.4 is 10.2 Å². The molecular formula is C16H19ClF3N3S. The Kier molecular flexibility index (Phi) is 5.22. The third-order valence-corrected chi connectivity index (χ3v) is 5.34. The van der Waals surface area contributed by atoms with E-state index in [1.165, 1.54) is 25.3 Å². The molecule has 1 aliphatic carbocycles. The van der Waals surface area contributed by atoms with Gasteiger partial charge in [-0.15, -0.1) is 0 Å².